The topological polar surface area (TPSA) is 58.6 Å². The molecule has 2 saturated carbocycles. The van der Waals surface area contributed by atoms with Crippen LogP contribution in [0.5, 0.6) is 0 Å². The Morgan fingerprint density at radius 2 is 2.10 bits per heavy atom. The number of nitrogens with one attached hydrogen (secondary N) is 1. The molecule has 1 N–H and O–H groups in total. The summed E-state index contributed by atoms with van der Waals surface area (Å²) in [6, 6.07) is 0. The van der Waals surface area contributed by atoms with Crippen LogP contribution in [0.1, 0.15) is 32.1 Å². The zero-order valence-electron chi connectivity index (χ0n) is 11.5. The first kappa shape index (κ1) is 12.4. The molecule has 3 heterocycles. The van der Waals surface area contributed by atoms with Crippen LogP contribution >= 0.6 is 0 Å². The van der Waals surface area contributed by atoms with E-state index in [4.69, 9.17) is 4.74 Å². The van der Waals surface area contributed by atoms with E-state index < -0.39 is 5.72 Å². The van der Waals surface area contributed by atoms with E-state index in [0.717, 1.165) is 25.7 Å². The lowest BCUT2D eigenvalue weighted by atomic mass is 9.65. The average Bonchev–Trinajstić information content (AvgIpc) is 2.72. The number of hydrogen-bond acceptors (Lipinski definition) is 3. The summed E-state index contributed by atoms with van der Waals surface area (Å²) >= 11 is 0. The van der Waals surface area contributed by atoms with Gasteiger partial charge >= 0.3 is 0 Å². The lowest BCUT2D eigenvalue weighted by Gasteiger charge is -2.56. The Morgan fingerprint density at radius 1 is 1.35 bits per heavy atom. The minimum atomic E-state index is -0.442. The molecule has 4 bridgehead atoms. The SMILES string of the molecule is O=C(CN1CC=CC1=O)NC12C[C@@H]3CC(C[C@@H](C3)C1)O2. The molecule has 0 aromatic carbocycles. The molecule has 0 spiro atoms. The van der Waals surface area contributed by atoms with Crippen molar-refractivity contribution in [1.82, 2.24) is 10.2 Å². The predicted octanol–water partition coefficient (Wildman–Crippen LogP) is 0.806. The van der Waals surface area contributed by atoms with Crippen LogP contribution in [0.3, 0.4) is 0 Å². The smallest absolute Gasteiger partial charge is 0.247 e. The van der Waals surface area contributed by atoms with Crippen molar-refractivity contribution in [2.24, 2.45) is 11.8 Å². The van der Waals surface area contributed by atoms with Gasteiger partial charge in [0, 0.05) is 12.6 Å². The van der Waals surface area contributed by atoms with Gasteiger partial charge in [0.2, 0.25) is 11.8 Å². The fourth-order valence-corrected chi connectivity index (χ4v) is 4.58. The van der Waals surface area contributed by atoms with Crippen LogP contribution in [-0.2, 0) is 14.3 Å². The molecule has 4 atom stereocenters. The number of nitrogens with zero attached hydrogens (tertiary/aromatic N) is 1. The lowest BCUT2D eigenvalue weighted by Crippen LogP contribution is -2.64. The molecule has 2 amide bonds. The van der Waals surface area contributed by atoms with Gasteiger partial charge in [0.15, 0.2) is 0 Å². The highest BCUT2D eigenvalue weighted by atomic mass is 16.5. The minimum Gasteiger partial charge on any atom is -0.353 e. The molecule has 0 radical (unpaired) electrons. The number of rotatable bonds is 3. The normalized spacial score (nSPS) is 41.5. The van der Waals surface area contributed by atoms with Gasteiger partial charge in [-0.2, -0.15) is 0 Å². The van der Waals surface area contributed by atoms with Crippen LogP contribution in [0.15, 0.2) is 12.2 Å². The van der Waals surface area contributed by atoms with Crippen molar-refractivity contribution in [3.05, 3.63) is 12.2 Å². The fourth-order valence-electron chi connectivity index (χ4n) is 4.58. The number of amides is 2. The molecule has 5 heteroatoms. The third-order valence-corrected chi connectivity index (χ3v) is 5.09. The van der Waals surface area contributed by atoms with Crippen molar-refractivity contribution in [3.63, 3.8) is 0 Å². The largest absolute Gasteiger partial charge is 0.353 e. The third-order valence-electron chi connectivity index (χ3n) is 5.09. The molecule has 5 nitrogen and oxygen atoms in total. The Balaban J connectivity index is 1.41. The van der Waals surface area contributed by atoms with Crippen LogP contribution in [0, 0.1) is 11.8 Å². The van der Waals surface area contributed by atoms with E-state index >= 15 is 0 Å². The van der Waals surface area contributed by atoms with Gasteiger partial charge in [0.25, 0.3) is 0 Å². The van der Waals surface area contributed by atoms with Gasteiger partial charge in [-0.05, 0) is 43.9 Å². The van der Waals surface area contributed by atoms with Gasteiger partial charge in [-0.15, -0.1) is 0 Å². The van der Waals surface area contributed by atoms with E-state index in [1.807, 2.05) is 0 Å². The summed E-state index contributed by atoms with van der Waals surface area (Å²) < 4.78 is 6.12. The van der Waals surface area contributed by atoms with Crippen molar-refractivity contribution in [3.8, 4) is 0 Å². The zero-order valence-corrected chi connectivity index (χ0v) is 11.5. The highest BCUT2D eigenvalue weighted by Gasteiger charge is 2.52. The molecule has 0 aromatic rings. The molecule has 2 unspecified atom stereocenters. The van der Waals surface area contributed by atoms with Crippen molar-refractivity contribution in [1.29, 1.82) is 0 Å². The van der Waals surface area contributed by atoms with Crippen molar-refractivity contribution < 1.29 is 14.3 Å². The summed E-state index contributed by atoms with van der Waals surface area (Å²) in [6.45, 7) is 0.672. The van der Waals surface area contributed by atoms with Crippen molar-refractivity contribution in [2.45, 2.75) is 43.9 Å². The molecule has 4 fully saturated rings. The van der Waals surface area contributed by atoms with E-state index in [2.05, 4.69) is 5.32 Å². The number of carbonyl (C=O) groups excluding carboxylic acids is 2. The van der Waals surface area contributed by atoms with Crippen LogP contribution in [0.2, 0.25) is 0 Å². The van der Waals surface area contributed by atoms with Gasteiger partial charge in [-0.3, -0.25) is 9.59 Å². The maximum absolute atomic E-state index is 12.2. The second-order valence-electron chi connectivity index (χ2n) is 6.75. The fraction of sp³-hybridized carbons (Fsp3) is 0.733. The van der Waals surface area contributed by atoms with Crippen LogP contribution in [0.25, 0.3) is 0 Å². The summed E-state index contributed by atoms with van der Waals surface area (Å²) in [5, 5.41) is 3.09. The molecule has 5 aliphatic rings. The second kappa shape index (κ2) is 4.32. The van der Waals surface area contributed by atoms with E-state index in [1.165, 1.54) is 12.5 Å². The van der Waals surface area contributed by atoms with Gasteiger partial charge in [-0.1, -0.05) is 6.08 Å². The Kier molecular flexibility index (Phi) is 2.67. The maximum Gasteiger partial charge on any atom is 0.247 e. The first-order chi connectivity index (χ1) is 9.62. The molecular formula is C15H20N2O3. The van der Waals surface area contributed by atoms with Gasteiger partial charge < -0.3 is 15.0 Å². The summed E-state index contributed by atoms with van der Waals surface area (Å²) in [6.07, 6.45) is 9.13. The molecule has 20 heavy (non-hydrogen) atoms. The molecular weight excluding hydrogens is 256 g/mol. The van der Waals surface area contributed by atoms with Crippen molar-refractivity contribution >= 4 is 11.8 Å². The van der Waals surface area contributed by atoms with Crippen LogP contribution in [-0.4, -0.2) is 41.6 Å². The second-order valence-corrected chi connectivity index (χ2v) is 6.75. The molecule has 2 saturated heterocycles. The molecule has 5 rings (SSSR count). The number of carbonyl (C=O) groups is 2. The first-order valence-electron chi connectivity index (χ1n) is 7.56. The highest BCUT2D eigenvalue weighted by molar-refractivity contribution is 5.93. The summed E-state index contributed by atoms with van der Waals surface area (Å²) in [5.41, 5.74) is -0.442. The first-order valence-corrected chi connectivity index (χ1v) is 7.56. The Labute approximate surface area is 118 Å². The van der Waals surface area contributed by atoms with Gasteiger partial charge in [-0.25, -0.2) is 0 Å². The summed E-state index contributed by atoms with van der Waals surface area (Å²) in [7, 11) is 0. The molecule has 3 aliphatic heterocycles. The Hall–Kier alpha value is -1.36. The predicted molar refractivity (Wildman–Crippen MR) is 71.5 cm³/mol. The van der Waals surface area contributed by atoms with E-state index in [0.29, 0.717) is 24.5 Å². The van der Waals surface area contributed by atoms with E-state index in [-0.39, 0.29) is 18.4 Å². The minimum absolute atomic E-state index is 0.0772. The Bertz CT molecular complexity index is 450. The number of ether oxygens (including phenoxy) is 1. The zero-order chi connectivity index (χ0) is 13.7. The maximum atomic E-state index is 12.2. The summed E-state index contributed by atoms with van der Waals surface area (Å²) in [4.78, 5) is 25.3. The Morgan fingerprint density at radius 3 is 2.70 bits per heavy atom. The molecule has 0 aromatic heterocycles. The quantitative estimate of drug-likeness (QED) is 0.829. The number of hydrogen-bond donors (Lipinski definition) is 1. The van der Waals surface area contributed by atoms with Crippen LogP contribution in [0.4, 0.5) is 0 Å². The van der Waals surface area contributed by atoms with Gasteiger partial charge in [0.1, 0.15) is 12.3 Å². The van der Waals surface area contributed by atoms with Crippen molar-refractivity contribution in [2.75, 3.05) is 13.1 Å². The summed E-state index contributed by atoms with van der Waals surface area (Å²) in [5.74, 6) is 1.24. The molecule has 108 valence electrons. The van der Waals surface area contributed by atoms with E-state index in [9.17, 15) is 9.59 Å². The molecule has 2 aliphatic carbocycles. The van der Waals surface area contributed by atoms with E-state index in [1.54, 1.807) is 11.0 Å². The highest BCUT2D eigenvalue weighted by Crippen LogP contribution is 2.51. The lowest BCUT2D eigenvalue weighted by molar-refractivity contribution is -0.233. The van der Waals surface area contributed by atoms with Gasteiger partial charge in [0.05, 0.1) is 6.10 Å². The monoisotopic (exact) mass is 276 g/mol. The standard InChI is InChI=1S/C15H20N2O3/c18-13(9-17-3-1-2-14(17)19)16-15-7-10-4-11(8-15)6-12(5-10)20-15/h1-2,10-12H,3-9H2,(H,16,18)/t10-,11+,12?,15?. The van der Waals surface area contributed by atoms with Crippen LogP contribution < -0.4 is 5.32 Å². The average molecular weight is 276 g/mol. The third kappa shape index (κ3) is 2.04.